The van der Waals surface area contributed by atoms with Gasteiger partial charge in [0.15, 0.2) is 5.82 Å². The smallest absolute Gasteiger partial charge is 0.257 e. The summed E-state index contributed by atoms with van der Waals surface area (Å²) in [5.74, 6) is 1.65. The summed E-state index contributed by atoms with van der Waals surface area (Å²) in [5.41, 5.74) is 2.07. The Balaban J connectivity index is 0.00000231. The highest BCUT2D eigenvalue weighted by molar-refractivity contribution is 5.85. The zero-order valence-electron chi connectivity index (χ0n) is 18.2. The summed E-state index contributed by atoms with van der Waals surface area (Å²) in [7, 11) is 0. The van der Waals surface area contributed by atoms with Crippen LogP contribution in [0.25, 0.3) is 11.5 Å². The van der Waals surface area contributed by atoms with Crippen LogP contribution in [0.3, 0.4) is 0 Å². The van der Waals surface area contributed by atoms with Crippen molar-refractivity contribution in [1.82, 2.24) is 19.9 Å². The minimum Gasteiger partial charge on any atom is -0.371 e. The molecule has 31 heavy (non-hydrogen) atoms. The molecule has 2 aliphatic heterocycles. The summed E-state index contributed by atoms with van der Waals surface area (Å²) < 4.78 is 5.25. The lowest BCUT2D eigenvalue weighted by molar-refractivity contribution is -0.134. The van der Waals surface area contributed by atoms with Crippen molar-refractivity contribution in [3.63, 3.8) is 0 Å². The van der Waals surface area contributed by atoms with E-state index in [4.69, 9.17) is 4.52 Å². The number of anilines is 1. The zero-order chi connectivity index (χ0) is 20.5. The van der Waals surface area contributed by atoms with Gasteiger partial charge < -0.3 is 14.3 Å². The van der Waals surface area contributed by atoms with E-state index >= 15 is 0 Å². The predicted molar refractivity (Wildman–Crippen MR) is 122 cm³/mol. The number of amides is 1. The van der Waals surface area contributed by atoms with E-state index < -0.39 is 0 Å². The number of hydrogen-bond donors (Lipinski definition) is 0. The molecule has 1 aromatic carbocycles. The Morgan fingerprint density at radius 3 is 2.48 bits per heavy atom. The molecular formula is C23H32ClN5O2. The van der Waals surface area contributed by atoms with Crippen molar-refractivity contribution >= 4 is 24.0 Å². The van der Waals surface area contributed by atoms with Gasteiger partial charge in [0.2, 0.25) is 5.91 Å². The van der Waals surface area contributed by atoms with E-state index in [1.807, 2.05) is 19.1 Å². The molecule has 1 atom stereocenters. The summed E-state index contributed by atoms with van der Waals surface area (Å²) in [4.78, 5) is 24.5. The standard InChI is InChI=1S/C23H31N5O2.ClH/c1-17-24-22(30-25-17)18-6-8-21(9-7-18)28-13-10-19(16-28)23(29)27-12-3-11-26(14-15-27)20-4-2-5-20;/h6-9,19-20H,2-5,10-16H2,1H3;1H. The second-order valence-corrected chi connectivity index (χ2v) is 8.92. The van der Waals surface area contributed by atoms with E-state index in [9.17, 15) is 4.79 Å². The van der Waals surface area contributed by atoms with Crippen LogP contribution in [0, 0.1) is 12.8 Å². The average molecular weight is 446 g/mol. The van der Waals surface area contributed by atoms with Gasteiger partial charge in [-0.15, -0.1) is 12.4 Å². The van der Waals surface area contributed by atoms with E-state index in [0.717, 1.165) is 69.4 Å². The van der Waals surface area contributed by atoms with Crippen LogP contribution in [0.5, 0.6) is 0 Å². The fraction of sp³-hybridized carbons (Fsp3) is 0.609. The van der Waals surface area contributed by atoms with Gasteiger partial charge in [-0.2, -0.15) is 4.98 Å². The number of carbonyl (C=O) groups is 1. The lowest BCUT2D eigenvalue weighted by Crippen LogP contribution is -2.43. The molecular weight excluding hydrogens is 414 g/mol. The molecule has 5 rings (SSSR count). The van der Waals surface area contributed by atoms with Gasteiger partial charge >= 0.3 is 0 Å². The van der Waals surface area contributed by atoms with Crippen LogP contribution in [0.15, 0.2) is 28.8 Å². The lowest BCUT2D eigenvalue weighted by Gasteiger charge is -2.36. The van der Waals surface area contributed by atoms with Crippen LogP contribution in [-0.2, 0) is 4.79 Å². The zero-order valence-corrected chi connectivity index (χ0v) is 19.0. The quantitative estimate of drug-likeness (QED) is 0.718. The lowest BCUT2D eigenvalue weighted by atomic mass is 9.91. The Bertz CT molecular complexity index is 882. The molecule has 3 fully saturated rings. The number of aromatic nitrogens is 2. The Kier molecular flexibility index (Phi) is 6.82. The van der Waals surface area contributed by atoms with E-state index in [1.54, 1.807) is 0 Å². The van der Waals surface area contributed by atoms with Crippen LogP contribution in [0.4, 0.5) is 5.69 Å². The van der Waals surface area contributed by atoms with Gasteiger partial charge in [-0.3, -0.25) is 9.69 Å². The third-order valence-electron chi connectivity index (χ3n) is 6.98. The van der Waals surface area contributed by atoms with Crippen LogP contribution >= 0.6 is 12.4 Å². The molecule has 2 saturated heterocycles. The number of carbonyl (C=O) groups excluding carboxylic acids is 1. The number of rotatable bonds is 4. The van der Waals surface area contributed by atoms with Crippen molar-refractivity contribution in [3.8, 4) is 11.5 Å². The molecule has 0 N–H and O–H groups in total. The highest BCUT2D eigenvalue weighted by Crippen LogP contribution is 2.29. The summed E-state index contributed by atoms with van der Waals surface area (Å²) in [6, 6.07) is 8.98. The Hall–Kier alpha value is -2.12. The third-order valence-corrected chi connectivity index (χ3v) is 6.98. The molecule has 0 radical (unpaired) electrons. The average Bonchev–Trinajstić information content (AvgIpc) is 3.32. The number of benzene rings is 1. The van der Waals surface area contributed by atoms with Crippen LogP contribution < -0.4 is 4.90 Å². The van der Waals surface area contributed by atoms with Crippen molar-refractivity contribution < 1.29 is 9.32 Å². The first kappa shape index (κ1) is 22.1. The normalized spacial score (nSPS) is 22.7. The van der Waals surface area contributed by atoms with Crippen molar-refractivity contribution in [3.05, 3.63) is 30.1 Å². The molecule has 2 aromatic rings. The monoisotopic (exact) mass is 445 g/mol. The number of hydrogen-bond acceptors (Lipinski definition) is 6. The summed E-state index contributed by atoms with van der Waals surface area (Å²) in [6.45, 7) is 7.55. The molecule has 3 heterocycles. The Labute approximate surface area is 190 Å². The molecule has 1 saturated carbocycles. The molecule has 1 aliphatic carbocycles. The van der Waals surface area contributed by atoms with Gasteiger partial charge in [-0.1, -0.05) is 11.6 Å². The van der Waals surface area contributed by atoms with Crippen LogP contribution in [0.1, 0.15) is 37.9 Å². The minimum absolute atomic E-state index is 0. The first-order valence-corrected chi connectivity index (χ1v) is 11.4. The van der Waals surface area contributed by atoms with Gasteiger partial charge in [-0.05, 0) is 56.9 Å². The second kappa shape index (κ2) is 9.57. The predicted octanol–water partition coefficient (Wildman–Crippen LogP) is 3.38. The summed E-state index contributed by atoms with van der Waals surface area (Å²) in [6.07, 6.45) is 6.10. The largest absolute Gasteiger partial charge is 0.371 e. The van der Waals surface area contributed by atoms with Crippen LogP contribution in [-0.4, -0.2) is 71.2 Å². The van der Waals surface area contributed by atoms with Crippen molar-refractivity contribution in [2.75, 3.05) is 44.2 Å². The summed E-state index contributed by atoms with van der Waals surface area (Å²) in [5, 5.41) is 3.85. The van der Waals surface area contributed by atoms with Gasteiger partial charge in [0.25, 0.3) is 5.89 Å². The van der Waals surface area contributed by atoms with E-state index in [0.29, 0.717) is 17.6 Å². The Morgan fingerprint density at radius 1 is 1.00 bits per heavy atom. The number of aryl methyl sites for hydroxylation is 1. The molecule has 168 valence electrons. The van der Waals surface area contributed by atoms with Crippen molar-refractivity contribution in [2.45, 2.75) is 45.1 Å². The maximum Gasteiger partial charge on any atom is 0.257 e. The molecule has 1 unspecified atom stereocenters. The van der Waals surface area contributed by atoms with E-state index in [2.05, 4.69) is 37.0 Å². The van der Waals surface area contributed by atoms with Crippen molar-refractivity contribution in [2.24, 2.45) is 5.92 Å². The fourth-order valence-electron chi connectivity index (χ4n) is 4.96. The van der Waals surface area contributed by atoms with E-state index in [1.165, 1.54) is 19.3 Å². The third kappa shape index (κ3) is 4.72. The first-order chi connectivity index (χ1) is 14.7. The van der Waals surface area contributed by atoms with Gasteiger partial charge in [0.05, 0.1) is 5.92 Å². The maximum atomic E-state index is 13.2. The maximum absolute atomic E-state index is 13.2. The van der Waals surface area contributed by atoms with Gasteiger partial charge in [-0.25, -0.2) is 0 Å². The molecule has 0 bridgehead atoms. The second-order valence-electron chi connectivity index (χ2n) is 8.92. The Morgan fingerprint density at radius 2 is 1.81 bits per heavy atom. The fourth-order valence-corrected chi connectivity index (χ4v) is 4.96. The highest BCUT2D eigenvalue weighted by Gasteiger charge is 2.33. The molecule has 1 aromatic heterocycles. The van der Waals surface area contributed by atoms with Crippen molar-refractivity contribution in [1.29, 1.82) is 0 Å². The number of halogens is 1. The SMILES string of the molecule is Cc1noc(-c2ccc(N3CCC(C(=O)N4CCCN(C5CCC5)CC4)C3)cc2)n1.Cl. The number of nitrogens with zero attached hydrogens (tertiary/aromatic N) is 5. The van der Waals surface area contributed by atoms with Gasteiger partial charge in [0.1, 0.15) is 0 Å². The molecule has 1 amide bonds. The topological polar surface area (TPSA) is 65.7 Å². The van der Waals surface area contributed by atoms with E-state index in [-0.39, 0.29) is 18.3 Å². The van der Waals surface area contributed by atoms with Gasteiger partial charge in [0, 0.05) is 56.6 Å². The minimum atomic E-state index is 0. The molecule has 3 aliphatic rings. The van der Waals surface area contributed by atoms with Crippen LogP contribution in [0.2, 0.25) is 0 Å². The molecule has 8 heteroatoms. The first-order valence-electron chi connectivity index (χ1n) is 11.4. The highest BCUT2D eigenvalue weighted by atomic mass is 35.5. The summed E-state index contributed by atoms with van der Waals surface area (Å²) >= 11 is 0. The molecule has 7 nitrogen and oxygen atoms in total. The molecule has 0 spiro atoms.